The fourth-order valence-electron chi connectivity index (χ4n) is 2.26. The number of anilines is 1. The van der Waals surface area contributed by atoms with Gasteiger partial charge >= 0.3 is 32.9 Å². The van der Waals surface area contributed by atoms with E-state index in [1.165, 1.54) is 18.2 Å². The van der Waals surface area contributed by atoms with Crippen LogP contribution in [0.3, 0.4) is 0 Å². The van der Waals surface area contributed by atoms with Gasteiger partial charge in [0.1, 0.15) is 11.3 Å². The van der Waals surface area contributed by atoms with Gasteiger partial charge in [-0.2, -0.15) is 30.0 Å². The first kappa shape index (κ1) is 31.0. The van der Waals surface area contributed by atoms with E-state index in [0.29, 0.717) is 24.2 Å². The van der Waals surface area contributed by atoms with Gasteiger partial charge in [-0.3, -0.25) is 18.2 Å². The number of hydrogen-bond acceptors (Lipinski definition) is 7. The highest BCUT2D eigenvalue weighted by Gasteiger charge is 2.29. The number of carboxylic acids is 1. The number of aromatic carboxylic acids is 1. The minimum absolute atomic E-state index is 0.202. The van der Waals surface area contributed by atoms with Crippen LogP contribution in [-0.2, 0) is 33.4 Å². The monoisotopic (exact) mass is 535 g/mol. The Balaban J connectivity index is 0.000000916. The molecule has 0 aliphatic carbocycles. The second-order valence-corrected chi connectivity index (χ2v) is 8.05. The molecular weight excluding hydrogens is 515 g/mol. The normalized spacial score (nSPS) is 11.4. The van der Waals surface area contributed by atoms with Gasteiger partial charge in [0.05, 0.1) is 5.56 Å². The van der Waals surface area contributed by atoms with Crippen LogP contribution < -0.4 is 5.32 Å². The fraction of sp³-hybridized carbons (Fsp3) is 0.235. The first-order chi connectivity index (χ1) is 15.2. The number of aromatic hydroxyl groups is 1. The Morgan fingerprint density at radius 3 is 1.76 bits per heavy atom. The molecule has 0 atom stereocenters. The molecule has 0 saturated heterocycles. The Labute approximate surface area is 191 Å². The van der Waals surface area contributed by atoms with Crippen LogP contribution in [0.15, 0.2) is 36.4 Å². The Kier molecular flexibility index (Phi) is 11.4. The molecule has 0 spiro atoms. The van der Waals surface area contributed by atoms with Crippen molar-refractivity contribution in [3.05, 3.63) is 58.7 Å². The number of alkyl halides is 3. The molecule has 0 heterocycles. The zero-order valence-electron chi connectivity index (χ0n) is 17.1. The minimum Gasteiger partial charge on any atom is -0.507 e. The van der Waals surface area contributed by atoms with E-state index in [1.807, 2.05) is 0 Å². The van der Waals surface area contributed by atoms with Crippen LogP contribution in [0.5, 0.6) is 5.75 Å². The smallest absolute Gasteiger partial charge is 0.416 e. The molecule has 2 rings (SSSR count). The summed E-state index contributed by atoms with van der Waals surface area (Å²) >= 11 is 0. The lowest BCUT2D eigenvalue weighted by atomic mass is 10.1. The summed E-state index contributed by atoms with van der Waals surface area (Å²) in [5.74, 6) is -1.52. The lowest BCUT2D eigenvalue weighted by Gasteiger charge is -2.11. The number of nitrogens with one attached hydrogen (secondary N) is 1. The molecule has 7 N–H and O–H groups in total. The van der Waals surface area contributed by atoms with E-state index < -0.39 is 38.5 Å². The molecule has 2 aromatic carbocycles. The molecule has 0 bridgehead atoms. The molecule has 34 heavy (non-hydrogen) atoms. The van der Waals surface area contributed by atoms with Crippen LogP contribution in [0.4, 0.5) is 18.9 Å². The van der Waals surface area contributed by atoms with Gasteiger partial charge in [0.15, 0.2) is 0 Å². The molecule has 0 radical (unpaired) electrons. The second kappa shape index (κ2) is 12.5. The minimum atomic E-state index is -4.67. The average molecular weight is 535 g/mol. The van der Waals surface area contributed by atoms with Crippen LogP contribution in [0.25, 0.3) is 0 Å². The molecule has 0 aliphatic heterocycles. The Morgan fingerprint density at radius 1 is 0.941 bits per heavy atom. The van der Waals surface area contributed by atoms with Crippen molar-refractivity contribution in [3.63, 3.8) is 0 Å². The molecule has 0 unspecified atom stereocenters. The Bertz CT molecular complexity index is 1130. The van der Waals surface area contributed by atoms with Crippen molar-refractivity contribution in [1.29, 1.82) is 0 Å². The predicted octanol–water partition coefficient (Wildman–Crippen LogP) is 2.77. The van der Waals surface area contributed by atoms with Crippen LogP contribution in [-0.4, -0.2) is 57.8 Å². The molecule has 12 nitrogen and oxygen atoms in total. The summed E-state index contributed by atoms with van der Waals surface area (Å²) < 4.78 is 101. The molecule has 0 aliphatic rings. The summed E-state index contributed by atoms with van der Waals surface area (Å²) in [6, 6.07) is 7.81. The summed E-state index contributed by atoms with van der Waals surface area (Å²) in [5.41, 5.74) is 0.775. The van der Waals surface area contributed by atoms with E-state index in [1.54, 1.807) is 13.0 Å². The summed E-state index contributed by atoms with van der Waals surface area (Å²) in [5, 5.41) is 21.7. The first-order valence-corrected chi connectivity index (χ1v) is 11.3. The zero-order chi connectivity index (χ0) is 26.9. The van der Waals surface area contributed by atoms with Crippen molar-refractivity contribution in [3.8, 4) is 5.75 Å². The number of carbonyl (C=O) groups is 1. The van der Waals surface area contributed by atoms with Crippen LogP contribution in [0.2, 0.25) is 0 Å². The number of rotatable bonds is 5. The third kappa shape index (κ3) is 15.0. The highest BCUT2D eigenvalue weighted by atomic mass is 32.3. The third-order valence-electron chi connectivity index (χ3n) is 3.55. The van der Waals surface area contributed by atoms with Gasteiger partial charge in [0.25, 0.3) is 0 Å². The molecule has 0 amide bonds. The lowest BCUT2D eigenvalue weighted by Crippen LogP contribution is -2.08. The molecule has 0 saturated carbocycles. The summed E-state index contributed by atoms with van der Waals surface area (Å²) in [4.78, 5) is 11.1. The maximum atomic E-state index is 12.5. The van der Waals surface area contributed by atoms with Crippen LogP contribution in [0.1, 0.15) is 27.0 Å². The van der Waals surface area contributed by atoms with Crippen molar-refractivity contribution < 1.29 is 63.2 Å². The summed E-state index contributed by atoms with van der Waals surface area (Å²) in [7, 11) is -9.33. The average Bonchev–Trinajstić information content (AvgIpc) is 2.61. The standard InChI is InChI=1S/C17H16F3NO3.2H2O4S/c1-10-8-13(9-14(15(10)22)16(23)24)21-7-6-11-2-4-12(5-3-11)17(18,19)20;2*1-5(2,3)4/h2-5,8-9,21-22H,6-7H2,1H3,(H,23,24);2*(H2,1,2,3,4). The SMILES string of the molecule is Cc1cc(NCCc2ccc(C(F)(F)F)cc2)cc(C(=O)O)c1O.O=S(=O)(O)O.O=S(=O)(O)O. The fourth-order valence-corrected chi connectivity index (χ4v) is 2.26. The topological polar surface area (TPSA) is 219 Å². The maximum absolute atomic E-state index is 12.5. The Hall–Kier alpha value is -2.96. The van der Waals surface area contributed by atoms with Gasteiger partial charge in [-0.1, -0.05) is 12.1 Å². The number of benzene rings is 2. The van der Waals surface area contributed by atoms with Gasteiger partial charge < -0.3 is 15.5 Å². The van der Waals surface area contributed by atoms with Crippen molar-refractivity contribution in [2.24, 2.45) is 0 Å². The van der Waals surface area contributed by atoms with Gasteiger partial charge in [-0.15, -0.1) is 0 Å². The van der Waals surface area contributed by atoms with E-state index in [-0.39, 0.29) is 11.3 Å². The van der Waals surface area contributed by atoms with E-state index >= 15 is 0 Å². The van der Waals surface area contributed by atoms with E-state index in [0.717, 1.165) is 17.7 Å². The second-order valence-electron chi connectivity index (χ2n) is 6.26. The molecule has 0 fully saturated rings. The number of hydrogen-bond donors (Lipinski definition) is 7. The lowest BCUT2D eigenvalue weighted by molar-refractivity contribution is -0.137. The third-order valence-corrected chi connectivity index (χ3v) is 3.55. The highest BCUT2D eigenvalue weighted by Crippen LogP contribution is 2.29. The highest BCUT2D eigenvalue weighted by molar-refractivity contribution is 7.80. The molecule has 0 aromatic heterocycles. The number of carboxylic acid groups (broad SMARTS) is 1. The van der Waals surface area contributed by atoms with E-state index in [2.05, 4.69) is 5.32 Å². The first-order valence-electron chi connectivity index (χ1n) is 8.55. The zero-order valence-corrected chi connectivity index (χ0v) is 18.7. The van der Waals surface area contributed by atoms with E-state index in [9.17, 15) is 23.1 Å². The van der Waals surface area contributed by atoms with E-state index in [4.69, 9.17) is 40.2 Å². The van der Waals surface area contributed by atoms with Gasteiger partial charge in [0.2, 0.25) is 0 Å². The predicted molar refractivity (Wildman–Crippen MR) is 112 cm³/mol. The van der Waals surface area contributed by atoms with Crippen molar-refractivity contribution in [2.75, 3.05) is 11.9 Å². The largest absolute Gasteiger partial charge is 0.507 e. The van der Waals surface area contributed by atoms with Crippen molar-refractivity contribution in [1.82, 2.24) is 0 Å². The summed E-state index contributed by atoms with van der Waals surface area (Å²) in [6.45, 7) is 2.00. The van der Waals surface area contributed by atoms with Gasteiger partial charge in [-0.05, 0) is 48.7 Å². The number of halogens is 3. The van der Waals surface area contributed by atoms with Crippen molar-refractivity contribution >= 4 is 32.5 Å². The van der Waals surface area contributed by atoms with Crippen LogP contribution in [0, 0.1) is 6.92 Å². The van der Waals surface area contributed by atoms with Gasteiger partial charge in [-0.25, -0.2) is 4.79 Å². The van der Waals surface area contributed by atoms with Crippen LogP contribution >= 0.6 is 0 Å². The Morgan fingerprint density at radius 2 is 1.38 bits per heavy atom. The summed E-state index contributed by atoms with van der Waals surface area (Å²) in [6.07, 6.45) is -3.88. The molecule has 192 valence electrons. The van der Waals surface area contributed by atoms with Crippen molar-refractivity contribution in [2.45, 2.75) is 19.5 Å². The quantitative estimate of drug-likeness (QED) is 0.217. The molecule has 17 heteroatoms. The molecule has 2 aromatic rings. The number of aryl methyl sites for hydroxylation is 1. The maximum Gasteiger partial charge on any atom is 0.416 e. The van der Waals surface area contributed by atoms with Gasteiger partial charge in [0, 0.05) is 12.2 Å². The molecular formula is C17H20F3NO11S2. The number of phenols is 1.